The largest absolute Gasteiger partial charge is 0.364 e. The van der Waals surface area contributed by atoms with Gasteiger partial charge in [0.05, 0.1) is 11.9 Å². The molecule has 1 atom stereocenters. The Kier molecular flexibility index (Phi) is 3.38. The van der Waals surface area contributed by atoms with Gasteiger partial charge in [0.1, 0.15) is 6.26 Å². The van der Waals surface area contributed by atoms with Crippen LogP contribution in [0.1, 0.15) is 17.3 Å². The average molecular weight is 264 g/mol. The van der Waals surface area contributed by atoms with Crippen molar-refractivity contribution in [3.8, 4) is 0 Å². The minimum atomic E-state index is 0.425. The van der Waals surface area contributed by atoms with Crippen molar-refractivity contribution in [1.29, 1.82) is 0 Å². The Morgan fingerprint density at radius 1 is 1.56 bits per heavy atom. The van der Waals surface area contributed by atoms with Gasteiger partial charge in [-0.25, -0.2) is 0 Å². The first kappa shape index (κ1) is 11.8. The van der Waals surface area contributed by atoms with Gasteiger partial charge >= 0.3 is 0 Å². The molecular weight excluding hydrogens is 248 g/mol. The van der Waals surface area contributed by atoms with E-state index in [2.05, 4.69) is 21.4 Å². The SMILES string of the molecule is Cn1cc(C2CSCCN2Cc2ccon2)cn1. The molecule has 1 aliphatic heterocycles. The van der Waals surface area contributed by atoms with Crippen LogP contribution in [0.4, 0.5) is 0 Å². The smallest absolute Gasteiger partial charge is 0.124 e. The Hall–Kier alpha value is -1.27. The van der Waals surface area contributed by atoms with Crippen LogP contribution in [0.2, 0.25) is 0 Å². The van der Waals surface area contributed by atoms with E-state index in [0.29, 0.717) is 6.04 Å². The van der Waals surface area contributed by atoms with Gasteiger partial charge in [-0.15, -0.1) is 0 Å². The lowest BCUT2D eigenvalue weighted by molar-refractivity contribution is 0.206. The maximum absolute atomic E-state index is 4.90. The Morgan fingerprint density at radius 2 is 2.50 bits per heavy atom. The number of nitrogens with zero attached hydrogens (tertiary/aromatic N) is 4. The molecule has 5 nitrogen and oxygen atoms in total. The van der Waals surface area contributed by atoms with Gasteiger partial charge in [-0.05, 0) is 0 Å². The third-order valence-corrected chi connectivity index (χ3v) is 4.23. The highest BCUT2D eigenvalue weighted by molar-refractivity contribution is 7.99. The molecule has 0 bridgehead atoms. The van der Waals surface area contributed by atoms with Gasteiger partial charge in [0.15, 0.2) is 0 Å². The third-order valence-electron chi connectivity index (χ3n) is 3.21. The molecule has 0 aromatic carbocycles. The van der Waals surface area contributed by atoms with Crippen molar-refractivity contribution in [3.05, 3.63) is 36.0 Å². The van der Waals surface area contributed by atoms with Gasteiger partial charge in [-0.1, -0.05) is 5.16 Å². The lowest BCUT2D eigenvalue weighted by atomic mass is 10.1. The molecule has 0 amide bonds. The molecule has 3 rings (SSSR count). The standard InChI is InChI=1S/C12H16N4OS/c1-15-7-10(6-13-15)12-9-18-5-3-16(12)8-11-2-4-17-14-11/h2,4,6-7,12H,3,5,8-9H2,1H3. The zero-order valence-electron chi connectivity index (χ0n) is 10.3. The van der Waals surface area contributed by atoms with Crippen LogP contribution in [-0.2, 0) is 13.6 Å². The second-order valence-electron chi connectivity index (χ2n) is 4.50. The van der Waals surface area contributed by atoms with E-state index in [9.17, 15) is 0 Å². The van der Waals surface area contributed by atoms with Crippen LogP contribution >= 0.6 is 11.8 Å². The van der Waals surface area contributed by atoms with E-state index in [4.69, 9.17) is 4.52 Å². The van der Waals surface area contributed by atoms with Gasteiger partial charge in [0.2, 0.25) is 0 Å². The molecule has 0 radical (unpaired) electrons. The van der Waals surface area contributed by atoms with E-state index in [-0.39, 0.29) is 0 Å². The van der Waals surface area contributed by atoms with E-state index in [0.717, 1.165) is 24.5 Å². The van der Waals surface area contributed by atoms with Gasteiger partial charge in [-0.2, -0.15) is 16.9 Å². The van der Waals surface area contributed by atoms with E-state index in [1.807, 2.05) is 35.8 Å². The van der Waals surface area contributed by atoms with Crippen LogP contribution in [0, 0.1) is 0 Å². The molecule has 3 heterocycles. The Labute approximate surface area is 110 Å². The van der Waals surface area contributed by atoms with E-state index in [1.54, 1.807) is 6.26 Å². The fraction of sp³-hybridized carbons (Fsp3) is 0.500. The molecule has 2 aromatic rings. The molecule has 1 saturated heterocycles. The molecule has 0 N–H and O–H groups in total. The molecule has 0 spiro atoms. The minimum absolute atomic E-state index is 0.425. The summed E-state index contributed by atoms with van der Waals surface area (Å²) < 4.78 is 6.77. The molecule has 1 unspecified atom stereocenters. The van der Waals surface area contributed by atoms with Crippen LogP contribution in [0.5, 0.6) is 0 Å². The number of rotatable bonds is 3. The summed E-state index contributed by atoms with van der Waals surface area (Å²) in [6.45, 7) is 1.92. The first-order chi connectivity index (χ1) is 8.83. The van der Waals surface area contributed by atoms with E-state index >= 15 is 0 Å². The molecule has 96 valence electrons. The summed E-state index contributed by atoms with van der Waals surface area (Å²) in [5.74, 6) is 2.29. The fourth-order valence-electron chi connectivity index (χ4n) is 2.27. The lowest BCUT2D eigenvalue weighted by Crippen LogP contribution is -2.35. The fourth-order valence-corrected chi connectivity index (χ4v) is 3.43. The van der Waals surface area contributed by atoms with Gasteiger partial charge in [0.25, 0.3) is 0 Å². The van der Waals surface area contributed by atoms with Crippen LogP contribution < -0.4 is 0 Å². The van der Waals surface area contributed by atoms with Gasteiger partial charge in [0, 0.05) is 55.5 Å². The second-order valence-corrected chi connectivity index (χ2v) is 5.65. The topological polar surface area (TPSA) is 47.1 Å². The number of aryl methyl sites for hydroxylation is 1. The predicted molar refractivity (Wildman–Crippen MR) is 70.2 cm³/mol. The van der Waals surface area contributed by atoms with E-state index < -0.39 is 0 Å². The van der Waals surface area contributed by atoms with E-state index in [1.165, 1.54) is 11.3 Å². The van der Waals surface area contributed by atoms with Crippen molar-refractivity contribution in [2.75, 3.05) is 18.1 Å². The highest BCUT2D eigenvalue weighted by atomic mass is 32.2. The van der Waals surface area contributed by atoms with Gasteiger partial charge in [-0.3, -0.25) is 9.58 Å². The van der Waals surface area contributed by atoms with Crippen molar-refractivity contribution in [1.82, 2.24) is 19.8 Å². The van der Waals surface area contributed by atoms with Crippen LogP contribution in [0.15, 0.2) is 29.2 Å². The highest BCUT2D eigenvalue weighted by Crippen LogP contribution is 2.30. The monoisotopic (exact) mass is 264 g/mol. The van der Waals surface area contributed by atoms with Gasteiger partial charge < -0.3 is 4.52 Å². The molecule has 1 fully saturated rings. The van der Waals surface area contributed by atoms with Crippen LogP contribution in [0.25, 0.3) is 0 Å². The Morgan fingerprint density at radius 3 is 3.22 bits per heavy atom. The molecule has 0 aliphatic carbocycles. The normalized spacial score (nSPS) is 21.3. The zero-order valence-corrected chi connectivity index (χ0v) is 11.1. The van der Waals surface area contributed by atoms with Crippen molar-refractivity contribution in [2.45, 2.75) is 12.6 Å². The van der Waals surface area contributed by atoms with Crippen molar-refractivity contribution >= 4 is 11.8 Å². The summed E-state index contributed by atoms with van der Waals surface area (Å²) in [5, 5.41) is 8.27. The summed E-state index contributed by atoms with van der Waals surface area (Å²) in [4.78, 5) is 2.45. The summed E-state index contributed by atoms with van der Waals surface area (Å²) in [6, 6.07) is 2.36. The average Bonchev–Trinajstić information content (AvgIpc) is 3.02. The lowest BCUT2D eigenvalue weighted by Gasteiger charge is -2.34. The number of aromatic nitrogens is 3. The molecule has 0 saturated carbocycles. The summed E-state index contributed by atoms with van der Waals surface area (Å²) in [7, 11) is 1.96. The van der Waals surface area contributed by atoms with Crippen molar-refractivity contribution in [2.24, 2.45) is 7.05 Å². The highest BCUT2D eigenvalue weighted by Gasteiger charge is 2.25. The third kappa shape index (κ3) is 2.44. The van der Waals surface area contributed by atoms with Crippen LogP contribution in [-0.4, -0.2) is 37.9 Å². The maximum Gasteiger partial charge on any atom is 0.124 e. The zero-order chi connectivity index (χ0) is 12.4. The minimum Gasteiger partial charge on any atom is -0.364 e. The summed E-state index contributed by atoms with van der Waals surface area (Å²) in [6.07, 6.45) is 5.70. The first-order valence-corrected chi connectivity index (χ1v) is 7.18. The van der Waals surface area contributed by atoms with Crippen LogP contribution in [0.3, 0.4) is 0 Å². The predicted octanol–water partition coefficient (Wildman–Crippen LogP) is 1.70. The maximum atomic E-state index is 4.90. The Bertz CT molecular complexity index is 496. The van der Waals surface area contributed by atoms with Crippen molar-refractivity contribution < 1.29 is 4.52 Å². The summed E-state index contributed by atoms with van der Waals surface area (Å²) in [5.41, 5.74) is 2.28. The molecule has 2 aromatic heterocycles. The quantitative estimate of drug-likeness (QED) is 0.844. The Balaban J connectivity index is 1.77. The summed E-state index contributed by atoms with van der Waals surface area (Å²) >= 11 is 2.00. The number of hydrogen-bond donors (Lipinski definition) is 0. The van der Waals surface area contributed by atoms with Crippen molar-refractivity contribution in [3.63, 3.8) is 0 Å². The number of thioether (sulfide) groups is 1. The molecule has 18 heavy (non-hydrogen) atoms. The second kappa shape index (κ2) is 5.16. The molecule has 1 aliphatic rings. The first-order valence-electron chi connectivity index (χ1n) is 6.02. The molecular formula is C12H16N4OS. The number of hydrogen-bond acceptors (Lipinski definition) is 5. The molecule has 6 heteroatoms.